The zero-order valence-corrected chi connectivity index (χ0v) is 12.0. The third-order valence-electron chi connectivity index (χ3n) is 3.38. The molecule has 0 amide bonds. The number of benzene rings is 1. The first-order valence-electron chi connectivity index (χ1n) is 6.60. The van der Waals surface area contributed by atoms with Crippen molar-refractivity contribution < 1.29 is 9.47 Å². The van der Waals surface area contributed by atoms with E-state index in [1.165, 1.54) is 0 Å². The Hall–Kier alpha value is -0.730. The van der Waals surface area contributed by atoms with Gasteiger partial charge in [-0.25, -0.2) is 0 Å². The Kier molecular flexibility index (Phi) is 4.52. The molecule has 3 heteroatoms. The first-order valence-corrected chi connectivity index (χ1v) is 7.04. The van der Waals surface area contributed by atoms with Crippen LogP contribution < -0.4 is 4.74 Å². The molecule has 0 radical (unpaired) electrons. The van der Waals surface area contributed by atoms with Crippen LogP contribution >= 0.6 is 11.6 Å². The summed E-state index contributed by atoms with van der Waals surface area (Å²) in [6.07, 6.45) is 1.49. The number of ether oxygens (including phenoxy) is 2. The largest absolute Gasteiger partial charge is 0.491 e. The maximum atomic E-state index is 6.54. The fourth-order valence-corrected chi connectivity index (χ4v) is 2.86. The number of rotatable bonds is 4. The number of alkyl halides is 1. The van der Waals surface area contributed by atoms with E-state index in [9.17, 15) is 0 Å². The third kappa shape index (κ3) is 3.18. The first kappa shape index (κ1) is 13.7. The Balaban J connectivity index is 2.04. The van der Waals surface area contributed by atoms with Gasteiger partial charge in [0.15, 0.2) is 0 Å². The second-order valence-corrected chi connectivity index (χ2v) is 5.64. The second kappa shape index (κ2) is 5.94. The minimum Gasteiger partial charge on any atom is -0.491 e. The summed E-state index contributed by atoms with van der Waals surface area (Å²) in [4.78, 5) is 0. The van der Waals surface area contributed by atoms with Crippen LogP contribution in [0.2, 0.25) is 0 Å². The van der Waals surface area contributed by atoms with Gasteiger partial charge in [0.25, 0.3) is 0 Å². The smallest absolute Gasteiger partial charge is 0.119 e. The van der Waals surface area contributed by atoms with Gasteiger partial charge in [0.2, 0.25) is 0 Å². The van der Waals surface area contributed by atoms with Crippen molar-refractivity contribution in [3.05, 3.63) is 29.8 Å². The van der Waals surface area contributed by atoms with Crippen molar-refractivity contribution in [1.82, 2.24) is 0 Å². The van der Waals surface area contributed by atoms with Gasteiger partial charge in [-0.15, -0.1) is 11.6 Å². The number of hydrogen-bond acceptors (Lipinski definition) is 2. The monoisotopic (exact) mass is 268 g/mol. The Bertz CT molecular complexity index is 375. The predicted molar refractivity (Wildman–Crippen MR) is 74.3 cm³/mol. The van der Waals surface area contributed by atoms with Crippen LogP contribution in [-0.2, 0) is 4.74 Å². The van der Waals surface area contributed by atoms with Crippen molar-refractivity contribution in [1.29, 1.82) is 0 Å². The number of halogens is 1. The highest BCUT2D eigenvalue weighted by atomic mass is 35.5. The normalized spacial score (nSPS) is 25.4. The van der Waals surface area contributed by atoms with E-state index in [-0.39, 0.29) is 17.6 Å². The molecule has 1 aromatic rings. The van der Waals surface area contributed by atoms with E-state index in [1.807, 2.05) is 26.0 Å². The molecule has 0 bridgehead atoms. The molecule has 2 rings (SSSR count). The molecule has 0 aromatic heterocycles. The average Bonchev–Trinajstić information content (AvgIpc) is 2.75. The van der Waals surface area contributed by atoms with Crippen LogP contribution in [0, 0.1) is 5.92 Å². The average molecular weight is 269 g/mol. The predicted octanol–water partition coefficient (Wildman–Crippen LogP) is 4.18. The van der Waals surface area contributed by atoms with Crippen LogP contribution in [-0.4, -0.2) is 18.8 Å². The van der Waals surface area contributed by atoms with Gasteiger partial charge < -0.3 is 9.47 Å². The molecule has 3 unspecified atom stereocenters. The van der Waals surface area contributed by atoms with Gasteiger partial charge in [-0.1, -0.05) is 12.1 Å². The van der Waals surface area contributed by atoms with Gasteiger partial charge in [0, 0.05) is 12.5 Å². The summed E-state index contributed by atoms with van der Waals surface area (Å²) in [7, 11) is 0. The molecular weight excluding hydrogens is 248 g/mol. The van der Waals surface area contributed by atoms with Crippen LogP contribution in [0.4, 0.5) is 0 Å². The standard InChI is InChI=1S/C15H21ClO2/c1-10(2)18-13-6-4-12(5-7-13)15(16)14-8-9-17-11(14)3/h4-7,10-11,14-15H,8-9H2,1-3H3. The van der Waals surface area contributed by atoms with Gasteiger partial charge in [-0.3, -0.25) is 0 Å². The van der Waals surface area contributed by atoms with Crippen LogP contribution in [0.1, 0.15) is 38.1 Å². The van der Waals surface area contributed by atoms with Gasteiger partial charge in [-0.2, -0.15) is 0 Å². The lowest BCUT2D eigenvalue weighted by atomic mass is 9.93. The highest BCUT2D eigenvalue weighted by Gasteiger charge is 2.31. The highest BCUT2D eigenvalue weighted by Crippen LogP contribution is 2.38. The summed E-state index contributed by atoms with van der Waals surface area (Å²) in [6.45, 7) is 6.97. The highest BCUT2D eigenvalue weighted by molar-refractivity contribution is 6.21. The summed E-state index contributed by atoms with van der Waals surface area (Å²) in [5.74, 6) is 1.30. The molecule has 0 aliphatic carbocycles. The molecule has 18 heavy (non-hydrogen) atoms. The second-order valence-electron chi connectivity index (χ2n) is 5.17. The summed E-state index contributed by atoms with van der Waals surface area (Å²) >= 11 is 6.54. The van der Waals surface area contributed by atoms with E-state index in [0.29, 0.717) is 5.92 Å². The van der Waals surface area contributed by atoms with E-state index in [0.717, 1.165) is 24.3 Å². The fourth-order valence-electron chi connectivity index (χ4n) is 2.38. The molecule has 3 atom stereocenters. The molecule has 1 aromatic carbocycles. The Morgan fingerprint density at radius 3 is 2.44 bits per heavy atom. The summed E-state index contributed by atoms with van der Waals surface area (Å²) in [5.41, 5.74) is 1.15. The van der Waals surface area contributed by atoms with Crippen LogP contribution in [0.3, 0.4) is 0 Å². The van der Waals surface area contributed by atoms with Crippen molar-refractivity contribution in [2.24, 2.45) is 5.92 Å². The maximum absolute atomic E-state index is 6.54. The van der Waals surface area contributed by atoms with Crippen LogP contribution in [0.15, 0.2) is 24.3 Å². The Labute approximate surface area is 114 Å². The van der Waals surface area contributed by atoms with Crippen molar-refractivity contribution >= 4 is 11.6 Å². The maximum Gasteiger partial charge on any atom is 0.119 e. The molecule has 1 fully saturated rings. The van der Waals surface area contributed by atoms with Crippen molar-refractivity contribution in [2.75, 3.05) is 6.61 Å². The van der Waals surface area contributed by atoms with Crippen molar-refractivity contribution in [3.63, 3.8) is 0 Å². The fraction of sp³-hybridized carbons (Fsp3) is 0.600. The van der Waals surface area contributed by atoms with Crippen molar-refractivity contribution in [3.8, 4) is 5.75 Å². The zero-order valence-electron chi connectivity index (χ0n) is 11.2. The van der Waals surface area contributed by atoms with E-state index in [4.69, 9.17) is 21.1 Å². The molecule has 0 N–H and O–H groups in total. The molecule has 2 nitrogen and oxygen atoms in total. The number of hydrogen-bond donors (Lipinski definition) is 0. The minimum atomic E-state index is 0.0237. The van der Waals surface area contributed by atoms with E-state index in [2.05, 4.69) is 19.1 Å². The molecule has 1 heterocycles. The summed E-state index contributed by atoms with van der Waals surface area (Å²) < 4.78 is 11.2. The third-order valence-corrected chi connectivity index (χ3v) is 3.96. The molecule has 0 spiro atoms. The SMILES string of the molecule is CC(C)Oc1ccc(C(Cl)C2CCOC2C)cc1. The molecule has 0 saturated carbocycles. The lowest BCUT2D eigenvalue weighted by Crippen LogP contribution is -2.16. The summed E-state index contributed by atoms with van der Waals surface area (Å²) in [6, 6.07) is 8.09. The zero-order chi connectivity index (χ0) is 13.1. The Morgan fingerprint density at radius 2 is 1.94 bits per heavy atom. The van der Waals surface area contributed by atoms with Crippen LogP contribution in [0.25, 0.3) is 0 Å². The topological polar surface area (TPSA) is 18.5 Å². The van der Waals surface area contributed by atoms with Gasteiger partial charge in [-0.05, 0) is 44.9 Å². The first-order chi connectivity index (χ1) is 8.58. The molecule has 1 aliphatic rings. The Morgan fingerprint density at radius 1 is 1.28 bits per heavy atom. The molecule has 1 saturated heterocycles. The van der Waals surface area contributed by atoms with Gasteiger partial charge in [0.1, 0.15) is 5.75 Å². The summed E-state index contributed by atoms with van der Waals surface area (Å²) in [5, 5.41) is 0.0237. The minimum absolute atomic E-state index is 0.0237. The molecule has 1 aliphatic heterocycles. The van der Waals surface area contributed by atoms with E-state index in [1.54, 1.807) is 0 Å². The lowest BCUT2D eigenvalue weighted by Gasteiger charge is -2.20. The van der Waals surface area contributed by atoms with E-state index >= 15 is 0 Å². The lowest BCUT2D eigenvalue weighted by molar-refractivity contribution is 0.105. The van der Waals surface area contributed by atoms with Gasteiger partial charge in [0.05, 0.1) is 17.6 Å². The van der Waals surface area contributed by atoms with Gasteiger partial charge >= 0.3 is 0 Å². The van der Waals surface area contributed by atoms with E-state index < -0.39 is 0 Å². The molecular formula is C15H21ClO2. The molecule has 100 valence electrons. The quantitative estimate of drug-likeness (QED) is 0.763. The van der Waals surface area contributed by atoms with Crippen LogP contribution in [0.5, 0.6) is 5.75 Å². The van der Waals surface area contributed by atoms with Crippen molar-refractivity contribution in [2.45, 2.75) is 44.8 Å².